The van der Waals surface area contributed by atoms with Gasteiger partial charge in [0.15, 0.2) is 5.78 Å². The predicted octanol–water partition coefficient (Wildman–Crippen LogP) is 2.23. The van der Waals surface area contributed by atoms with Crippen molar-refractivity contribution in [3.05, 3.63) is 41.2 Å². The summed E-state index contributed by atoms with van der Waals surface area (Å²) >= 11 is 0. The number of rotatable bonds is 5. The van der Waals surface area contributed by atoms with Gasteiger partial charge in [-0.05, 0) is 32.0 Å². The average molecular weight is 273 g/mol. The third-order valence-electron chi connectivity index (χ3n) is 3.21. The second-order valence-electron chi connectivity index (χ2n) is 4.61. The lowest BCUT2D eigenvalue weighted by molar-refractivity contribution is 0.0991. The number of ketones is 1. The van der Waals surface area contributed by atoms with E-state index in [2.05, 4.69) is 5.10 Å². The molecule has 0 fully saturated rings. The van der Waals surface area contributed by atoms with Crippen LogP contribution in [0.3, 0.4) is 0 Å². The van der Waals surface area contributed by atoms with E-state index in [1.165, 1.54) is 7.11 Å². The Morgan fingerprint density at radius 1 is 1.45 bits per heavy atom. The SMILES string of the molecule is CCn1nc(C)cc1CC(=O)c1cccc(OC)c1N. The van der Waals surface area contributed by atoms with Gasteiger partial charge in [-0.3, -0.25) is 9.48 Å². The number of nitrogens with two attached hydrogens (primary N) is 1. The number of ether oxygens (including phenoxy) is 1. The summed E-state index contributed by atoms with van der Waals surface area (Å²) in [4.78, 5) is 12.4. The van der Waals surface area contributed by atoms with E-state index in [9.17, 15) is 4.79 Å². The Labute approximate surface area is 118 Å². The Morgan fingerprint density at radius 3 is 2.85 bits per heavy atom. The Hall–Kier alpha value is -2.30. The third kappa shape index (κ3) is 2.66. The van der Waals surface area contributed by atoms with Gasteiger partial charge in [0.2, 0.25) is 0 Å². The Balaban J connectivity index is 2.28. The van der Waals surface area contributed by atoms with Crippen LogP contribution in [-0.2, 0) is 13.0 Å². The quantitative estimate of drug-likeness (QED) is 0.670. The molecular weight excluding hydrogens is 254 g/mol. The number of aryl methyl sites for hydroxylation is 2. The molecule has 0 radical (unpaired) electrons. The van der Waals surface area contributed by atoms with Gasteiger partial charge in [-0.2, -0.15) is 5.10 Å². The molecule has 0 aliphatic rings. The molecule has 5 nitrogen and oxygen atoms in total. The summed E-state index contributed by atoms with van der Waals surface area (Å²) < 4.78 is 6.98. The fourth-order valence-electron chi connectivity index (χ4n) is 2.24. The number of anilines is 1. The largest absolute Gasteiger partial charge is 0.495 e. The van der Waals surface area contributed by atoms with Crippen LogP contribution in [0.1, 0.15) is 28.7 Å². The second-order valence-corrected chi connectivity index (χ2v) is 4.61. The van der Waals surface area contributed by atoms with Crippen molar-refractivity contribution in [3.8, 4) is 5.75 Å². The van der Waals surface area contributed by atoms with Crippen LogP contribution in [0, 0.1) is 6.92 Å². The Kier molecular flexibility index (Phi) is 4.08. The second kappa shape index (κ2) is 5.77. The van der Waals surface area contributed by atoms with E-state index in [4.69, 9.17) is 10.5 Å². The smallest absolute Gasteiger partial charge is 0.171 e. The highest BCUT2D eigenvalue weighted by Crippen LogP contribution is 2.25. The van der Waals surface area contributed by atoms with Crippen molar-refractivity contribution in [1.29, 1.82) is 0 Å². The van der Waals surface area contributed by atoms with Crippen molar-refractivity contribution in [1.82, 2.24) is 9.78 Å². The highest BCUT2D eigenvalue weighted by atomic mass is 16.5. The predicted molar refractivity (Wildman–Crippen MR) is 78.1 cm³/mol. The van der Waals surface area contributed by atoms with Crippen LogP contribution in [0.15, 0.2) is 24.3 Å². The van der Waals surface area contributed by atoms with E-state index in [-0.39, 0.29) is 12.2 Å². The van der Waals surface area contributed by atoms with Gasteiger partial charge in [0.05, 0.1) is 24.9 Å². The maximum atomic E-state index is 12.4. The normalized spacial score (nSPS) is 10.6. The van der Waals surface area contributed by atoms with Crippen LogP contribution in [0.4, 0.5) is 5.69 Å². The van der Waals surface area contributed by atoms with Gasteiger partial charge in [0, 0.05) is 17.8 Å². The first kappa shape index (κ1) is 14.1. The number of carbonyl (C=O) groups excluding carboxylic acids is 1. The molecule has 0 aliphatic carbocycles. The molecule has 0 spiro atoms. The van der Waals surface area contributed by atoms with Gasteiger partial charge < -0.3 is 10.5 Å². The number of methoxy groups -OCH3 is 1. The number of nitrogen functional groups attached to an aromatic ring is 1. The Bertz CT molecular complexity index is 632. The van der Waals surface area contributed by atoms with Crippen molar-refractivity contribution in [2.24, 2.45) is 0 Å². The average Bonchev–Trinajstić information content (AvgIpc) is 2.78. The molecule has 20 heavy (non-hydrogen) atoms. The number of para-hydroxylation sites is 1. The first-order valence-corrected chi connectivity index (χ1v) is 6.55. The fraction of sp³-hybridized carbons (Fsp3) is 0.333. The molecule has 2 aromatic rings. The molecule has 1 aromatic carbocycles. The van der Waals surface area contributed by atoms with Crippen LogP contribution in [0.2, 0.25) is 0 Å². The number of benzene rings is 1. The molecule has 2 rings (SSSR count). The van der Waals surface area contributed by atoms with Gasteiger partial charge >= 0.3 is 0 Å². The molecule has 0 saturated heterocycles. The minimum Gasteiger partial charge on any atom is -0.495 e. The molecule has 0 atom stereocenters. The lowest BCUT2D eigenvalue weighted by Crippen LogP contribution is -2.11. The highest BCUT2D eigenvalue weighted by molar-refractivity contribution is 6.02. The molecule has 0 amide bonds. The summed E-state index contributed by atoms with van der Waals surface area (Å²) in [6.07, 6.45) is 0.284. The summed E-state index contributed by atoms with van der Waals surface area (Å²) in [6.45, 7) is 4.66. The summed E-state index contributed by atoms with van der Waals surface area (Å²) in [7, 11) is 1.54. The summed E-state index contributed by atoms with van der Waals surface area (Å²) in [5.41, 5.74) is 8.65. The fourth-order valence-corrected chi connectivity index (χ4v) is 2.24. The molecule has 0 unspecified atom stereocenters. The van der Waals surface area contributed by atoms with E-state index in [1.807, 2.05) is 24.6 Å². The van der Waals surface area contributed by atoms with E-state index in [0.717, 1.165) is 17.9 Å². The van der Waals surface area contributed by atoms with Crippen LogP contribution in [0.5, 0.6) is 5.75 Å². The van der Waals surface area contributed by atoms with Gasteiger partial charge in [-0.25, -0.2) is 0 Å². The minimum atomic E-state index is -0.0315. The molecule has 1 heterocycles. The van der Waals surface area contributed by atoms with Gasteiger partial charge in [-0.1, -0.05) is 6.07 Å². The van der Waals surface area contributed by atoms with E-state index < -0.39 is 0 Å². The van der Waals surface area contributed by atoms with E-state index >= 15 is 0 Å². The van der Waals surface area contributed by atoms with E-state index in [1.54, 1.807) is 18.2 Å². The van der Waals surface area contributed by atoms with Crippen LogP contribution in [0.25, 0.3) is 0 Å². The standard InChI is InChI=1S/C15H19N3O2/c1-4-18-11(8-10(2)17-18)9-13(19)12-6-5-7-14(20-3)15(12)16/h5-8H,4,9,16H2,1-3H3. The molecule has 5 heteroatoms. The third-order valence-corrected chi connectivity index (χ3v) is 3.21. The van der Waals surface area contributed by atoms with Crippen molar-refractivity contribution in [2.45, 2.75) is 26.8 Å². The molecule has 1 aromatic heterocycles. The summed E-state index contributed by atoms with van der Waals surface area (Å²) in [6, 6.07) is 7.16. The number of carbonyl (C=O) groups is 1. The topological polar surface area (TPSA) is 70.1 Å². The molecule has 0 bridgehead atoms. The number of hydrogen-bond acceptors (Lipinski definition) is 4. The monoisotopic (exact) mass is 273 g/mol. The molecular formula is C15H19N3O2. The van der Waals surface area contributed by atoms with Crippen molar-refractivity contribution in [2.75, 3.05) is 12.8 Å². The molecule has 0 aliphatic heterocycles. The van der Waals surface area contributed by atoms with Gasteiger partial charge in [-0.15, -0.1) is 0 Å². The van der Waals surface area contributed by atoms with Crippen molar-refractivity contribution < 1.29 is 9.53 Å². The van der Waals surface area contributed by atoms with Crippen molar-refractivity contribution >= 4 is 11.5 Å². The minimum absolute atomic E-state index is 0.0315. The summed E-state index contributed by atoms with van der Waals surface area (Å²) in [5, 5.41) is 4.34. The first-order valence-electron chi connectivity index (χ1n) is 6.55. The highest BCUT2D eigenvalue weighted by Gasteiger charge is 2.16. The zero-order chi connectivity index (χ0) is 14.7. The lowest BCUT2D eigenvalue weighted by Gasteiger charge is -2.09. The van der Waals surface area contributed by atoms with Crippen LogP contribution >= 0.6 is 0 Å². The summed E-state index contributed by atoms with van der Waals surface area (Å²) in [5.74, 6) is 0.493. The van der Waals surface area contributed by atoms with Gasteiger partial charge in [0.1, 0.15) is 5.75 Å². The first-order chi connectivity index (χ1) is 9.56. The van der Waals surface area contributed by atoms with Crippen LogP contribution in [-0.4, -0.2) is 22.7 Å². The van der Waals surface area contributed by atoms with E-state index in [0.29, 0.717) is 17.0 Å². The number of Topliss-reactive ketones (excluding diaryl/α,β-unsaturated/α-hetero) is 1. The van der Waals surface area contributed by atoms with Crippen molar-refractivity contribution in [3.63, 3.8) is 0 Å². The molecule has 0 saturated carbocycles. The lowest BCUT2D eigenvalue weighted by atomic mass is 10.0. The maximum absolute atomic E-state index is 12.4. The van der Waals surface area contributed by atoms with Crippen LogP contribution < -0.4 is 10.5 Å². The Morgan fingerprint density at radius 2 is 2.20 bits per heavy atom. The number of nitrogens with zero attached hydrogens (tertiary/aromatic N) is 2. The zero-order valence-corrected chi connectivity index (χ0v) is 12.0. The number of hydrogen-bond donors (Lipinski definition) is 1. The zero-order valence-electron chi connectivity index (χ0n) is 12.0. The molecule has 106 valence electrons. The maximum Gasteiger partial charge on any atom is 0.171 e. The molecule has 2 N–H and O–H groups in total. The number of aromatic nitrogens is 2. The van der Waals surface area contributed by atoms with Gasteiger partial charge in [0.25, 0.3) is 0 Å².